The first kappa shape index (κ1) is 24.0. The number of rotatable bonds is 12. The molecule has 3 aromatic rings. The molecule has 0 aliphatic heterocycles. The van der Waals surface area contributed by atoms with Crippen molar-refractivity contribution in [2.75, 3.05) is 33.4 Å². The van der Waals surface area contributed by atoms with Crippen LogP contribution < -0.4 is 0 Å². The molecule has 0 unspecified atom stereocenters. The third kappa shape index (κ3) is 6.06. The second-order valence-corrected chi connectivity index (χ2v) is 9.14. The summed E-state index contributed by atoms with van der Waals surface area (Å²) in [5, 5.41) is 1.19. The fourth-order valence-corrected chi connectivity index (χ4v) is 4.53. The van der Waals surface area contributed by atoms with Crippen LogP contribution in [0.2, 0.25) is 0 Å². The number of nitrogens with one attached hydrogen (secondary N) is 1. The number of hydrogen-bond donors (Lipinski definition) is 1. The summed E-state index contributed by atoms with van der Waals surface area (Å²) in [7, 11) is 1.66. The highest BCUT2D eigenvalue weighted by Gasteiger charge is 2.31. The number of H-pyrrole nitrogens is 1. The maximum absolute atomic E-state index is 13.5. The van der Waals surface area contributed by atoms with E-state index in [0.29, 0.717) is 26.2 Å². The van der Waals surface area contributed by atoms with Gasteiger partial charge in [-0.3, -0.25) is 9.59 Å². The molecule has 0 bridgehead atoms. The maximum Gasteiger partial charge on any atom is 0.242 e. The molecule has 1 heterocycles. The number of aromatic amines is 1. The molecule has 0 spiro atoms. The lowest BCUT2D eigenvalue weighted by Gasteiger charge is -2.33. The average Bonchev–Trinajstić information content (AvgIpc) is 3.23. The minimum absolute atomic E-state index is 0.00575. The lowest BCUT2D eigenvalue weighted by Crippen LogP contribution is -2.46. The summed E-state index contributed by atoms with van der Waals surface area (Å²) in [4.78, 5) is 33.6. The minimum atomic E-state index is -0.00575. The van der Waals surface area contributed by atoms with Gasteiger partial charge < -0.3 is 19.5 Å². The molecule has 0 saturated heterocycles. The van der Waals surface area contributed by atoms with E-state index in [4.69, 9.17) is 4.74 Å². The Morgan fingerprint density at radius 2 is 1.76 bits per heavy atom. The highest BCUT2D eigenvalue weighted by molar-refractivity contribution is 5.86. The Morgan fingerprint density at radius 3 is 2.50 bits per heavy atom. The van der Waals surface area contributed by atoms with Crippen LogP contribution >= 0.6 is 0 Å². The zero-order chi connectivity index (χ0) is 23.8. The van der Waals surface area contributed by atoms with Crippen LogP contribution in [0, 0.1) is 5.92 Å². The smallest absolute Gasteiger partial charge is 0.242 e. The minimum Gasteiger partial charge on any atom is -0.385 e. The van der Waals surface area contributed by atoms with E-state index in [2.05, 4.69) is 17.1 Å². The average molecular weight is 462 g/mol. The first-order chi connectivity index (χ1) is 16.7. The van der Waals surface area contributed by atoms with Crippen molar-refractivity contribution < 1.29 is 14.3 Å². The summed E-state index contributed by atoms with van der Waals surface area (Å²) in [5.41, 5.74) is 3.39. The van der Waals surface area contributed by atoms with E-state index in [1.807, 2.05) is 53.6 Å². The van der Waals surface area contributed by atoms with Gasteiger partial charge in [-0.1, -0.05) is 55.0 Å². The molecule has 34 heavy (non-hydrogen) atoms. The zero-order valence-electron chi connectivity index (χ0n) is 20.0. The molecule has 1 aliphatic rings. The number of fused-ring (bicyclic) bond motifs is 1. The first-order valence-electron chi connectivity index (χ1n) is 12.3. The van der Waals surface area contributed by atoms with E-state index in [1.54, 1.807) is 12.0 Å². The van der Waals surface area contributed by atoms with Crippen molar-refractivity contribution >= 4 is 22.7 Å². The predicted molar refractivity (Wildman–Crippen MR) is 134 cm³/mol. The number of ether oxygens (including phenoxy) is 1. The van der Waals surface area contributed by atoms with Gasteiger partial charge in [0.2, 0.25) is 11.8 Å². The van der Waals surface area contributed by atoms with Crippen molar-refractivity contribution in [3.05, 3.63) is 71.9 Å². The second-order valence-electron chi connectivity index (χ2n) is 9.14. The molecule has 2 aromatic carbocycles. The number of aromatic nitrogens is 1. The Morgan fingerprint density at radius 1 is 1.00 bits per heavy atom. The lowest BCUT2D eigenvalue weighted by atomic mass is 9.84. The van der Waals surface area contributed by atoms with Crippen LogP contribution in [0.5, 0.6) is 0 Å². The van der Waals surface area contributed by atoms with Crippen molar-refractivity contribution in [1.82, 2.24) is 14.8 Å². The van der Waals surface area contributed by atoms with E-state index < -0.39 is 0 Å². The van der Waals surface area contributed by atoms with Crippen molar-refractivity contribution in [3.63, 3.8) is 0 Å². The first-order valence-corrected chi connectivity index (χ1v) is 12.3. The number of amides is 2. The van der Waals surface area contributed by atoms with Crippen molar-refractivity contribution in [1.29, 1.82) is 0 Å². The highest BCUT2D eigenvalue weighted by Crippen LogP contribution is 2.28. The van der Waals surface area contributed by atoms with E-state index in [0.717, 1.165) is 43.2 Å². The fourth-order valence-electron chi connectivity index (χ4n) is 4.53. The molecule has 0 atom stereocenters. The zero-order valence-corrected chi connectivity index (χ0v) is 20.0. The number of methoxy groups -OCH3 is 1. The Bertz CT molecular complexity index is 1070. The van der Waals surface area contributed by atoms with Crippen LogP contribution in [-0.2, 0) is 27.3 Å². The number of carbonyl (C=O) groups excluding carboxylic acids is 2. The van der Waals surface area contributed by atoms with Gasteiger partial charge in [0.1, 0.15) is 0 Å². The number of para-hydroxylation sites is 1. The SMILES string of the molecule is COCCCN(CC(=O)N(CCc1c[nH]c2ccccc12)Cc1ccccc1)C(=O)C1CCC1. The Kier molecular flexibility index (Phi) is 8.36. The molecule has 2 amide bonds. The van der Waals surface area contributed by atoms with Crippen LogP contribution in [0.4, 0.5) is 0 Å². The molecule has 0 radical (unpaired) electrons. The molecule has 1 N–H and O–H groups in total. The summed E-state index contributed by atoms with van der Waals surface area (Å²) in [5.74, 6) is 0.185. The molecule has 1 aliphatic carbocycles. The number of carbonyl (C=O) groups is 2. The maximum atomic E-state index is 13.5. The van der Waals surface area contributed by atoms with Gasteiger partial charge in [0.05, 0.1) is 6.54 Å². The number of nitrogens with zero attached hydrogens (tertiary/aromatic N) is 2. The van der Waals surface area contributed by atoms with Gasteiger partial charge in [-0.2, -0.15) is 0 Å². The summed E-state index contributed by atoms with van der Waals surface area (Å²) < 4.78 is 5.18. The van der Waals surface area contributed by atoms with Gasteiger partial charge in [0.15, 0.2) is 0 Å². The Labute approximate surface area is 201 Å². The lowest BCUT2D eigenvalue weighted by molar-refractivity contribution is -0.145. The van der Waals surface area contributed by atoms with E-state index in [9.17, 15) is 9.59 Å². The van der Waals surface area contributed by atoms with Crippen LogP contribution in [-0.4, -0.2) is 59.9 Å². The molecule has 6 heteroatoms. The van der Waals surface area contributed by atoms with Gasteiger partial charge in [-0.15, -0.1) is 0 Å². The monoisotopic (exact) mass is 461 g/mol. The summed E-state index contributed by atoms with van der Waals surface area (Å²) in [6.07, 6.45) is 6.48. The molecule has 1 aromatic heterocycles. The van der Waals surface area contributed by atoms with Gasteiger partial charge in [0.25, 0.3) is 0 Å². The fraction of sp³-hybridized carbons (Fsp3) is 0.429. The topological polar surface area (TPSA) is 65.6 Å². The molecule has 4 rings (SSSR count). The van der Waals surface area contributed by atoms with Crippen LogP contribution in [0.25, 0.3) is 10.9 Å². The van der Waals surface area contributed by atoms with E-state index >= 15 is 0 Å². The normalized spacial score (nSPS) is 13.6. The van der Waals surface area contributed by atoms with E-state index in [1.165, 1.54) is 10.9 Å². The molecule has 180 valence electrons. The van der Waals surface area contributed by atoms with Gasteiger partial charge in [-0.25, -0.2) is 0 Å². The molecule has 6 nitrogen and oxygen atoms in total. The van der Waals surface area contributed by atoms with Crippen LogP contribution in [0.1, 0.15) is 36.8 Å². The summed E-state index contributed by atoms with van der Waals surface area (Å²) >= 11 is 0. The van der Waals surface area contributed by atoms with Crippen LogP contribution in [0.15, 0.2) is 60.8 Å². The van der Waals surface area contributed by atoms with Crippen LogP contribution in [0.3, 0.4) is 0 Å². The molecular weight excluding hydrogens is 426 g/mol. The van der Waals surface area contributed by atoms with Gasteiger partial charge in [0, 0.05) is 56.4 Å². The third-order valence-corrected chi connectivity index (χ3v) is 6.76. The third-order valence-electron chi connectivity index (χ3n) is 6.76. The molecule has 1 saturated carbocycles. The van der Waals surface area contributed by atoms with Gasteiger partial charge in [-0.05, 0) is 42.9 Å². The number of benzene rings is 2. The molecular formula is C28H35N3O3. The Balaban J connectivity index is 1.47. The second kappa shape index (κ2) is 11.8. The van der Waals surface area contributed by atoms with Gasteiger partial charge >= 0.3 is 0 Å². The summed E-state index contributed by atoms with van der Waals surface area (Å²) in [6, 6.07) is 18.3. The highest BCUT2D eigenvalue weighted by atomic mass is 16.5. The molecule has 1 fully saturated rings. The van der Waals surface area contributed by atoms with Crippen molar-refractivity contribution in [3.8, 4) is 0 Å². The standard InChI is InChI=1S/C28H35N3O3/c1-34-18-8-16-31(28(33)23-11-7-12-23)21-27(32)30(20-22-9-3-2-4-10-22)17-15-24-19-29-26-14-6-5-13-25(24)26/h2-6,9-10,13-14,19,23,29H,7-8,11-12,15-18,20-21H2,1H3. The Hall–Kier alpha value is -3.12. The summed E-state index contributed by atoms with van der Waals surface area (Å²) in [6.45, 7) is 2.39. The largest absolute Gasteiger partial charge is 0.385 e. The van der Waals surface area contributed by atoms with E-state index in [-0.39, 0.29) is 24.3 Å². The van der Waals surface area contributed by atoms with Crippen molar-refractivity contribution in [2.45, 2.75) is 38.6 Å². The quantitative estimate of drug-likeness (QED) is 0.407. The predicted octanol–water partition coefficient (Wildman–Crippen LogP) is 4.40. The van der Waals surface area contributed by atoms with Crippen molar-refractivity contribution in [2.24, 2.45) is 5.92 Å². The number of hydrogen-bond acceptors (Lipinski definition) is 3.